The first kappa shape index (κ1) is 12.0. The third-order valence-electron chi connectivity index (χ3n) is 2.55. The van der Waals surface area contributed by atoms with Crippen LogP contribution in [0.25, 0.3) is 6.08 Å². The van der Waals surface area contributed by atoms with Gasteiger partial charge in [0.05, 0.1) is 0 Å². The van der Waals surface area contributed by atoms with E-state index in [1.54, 1.807) is 0 Å². The molecule has 0 aromatic carbocycles. The average molecular weight is 203 g/mol. The normalized spacial score (nSPS) is 11.6. The van der Waals surface area contributed by atoms with Gasteiger partial charge in [0, 0.05) is 11.4 Å². The van der Waals surface area contributed by atoms with Crippen LogP contribution in [-0.2, 0) is 0 Å². The molecule has 0 spiro atoms. The van der Waals surface area contributed by atoms with Crippen molar-refractivity contribution < 1.29 is 0 Å². The van der Waals surface area contributed by atoms with Crippen LogP contribution in [0.4, 0.5) is 0 Å². The van der Waals surface area contributed by atoms with Crippen molar-refractivity contribution in [3.8, 4) is 0 Å². The van der Waals surface area contributed by atoms with Gasteiger partial charge in [-0.1, -0.05) is 32.9 Å². The largest absolute Gasteiger partial charge is 0.258 e. The molecular weight excluding hydrogens is 182 g/mol. The molecule has 0 amide bonds. The van der Waals surface area contributed by atoms with Gasteiger partial charge in [0.1, 0.15) is 0 Å². The first-order valence-electron chi connectivity index (χ1n) is 5.71. The second-order valence-electron chi connectivity index (χ2n) is 4.32. The van der Waals surface area contributed by atoms with Crippen molar-refractivity contribution in [3.05, 3.63) is 34.7 Å². The van der Waals surface area contributed by atoms with E-state index in [1.165, 1.54) is 11.1 Å². The Morgan fingerprint density at radius 3 is 2.53 bits per heavy atom. The Balaban J connectivity index is 3.27. The Morgan fingerprint density at radius 2 is 2.00 bits per heavy atom. The van der Waals surface area contributed by atoms with Crippen molar-refractivity contribution in [3.63, 3.8) is 0 Å². The van der Waals surface area contributed by atoms with Crippen molar-refractivity contribution in [2.45, 2.75) is 47.0 Å². The molecule has 1 aromatic rings. The molecular formula is C14H21N. The van der Waals surface area contributed by atoms with Crippen LogP contribution in [0.1, 0.15) is 55.6 Å². The molecule has 1 heterocycles. The second kappa shape index (κ2) is 5.11. The first-order valence-corrected chi connectivity index (χ1v) is 5.71. The number of pyridine rings is 1. The highest BCUT2D eigenvalue weighted by molar-refractivity contribution is 5.57. The van der Waals surface area contributed by atoms with Crippen LogP contribution >= 0.6 is 0 Å². The minimum atomic E-state index is 0.557. The number of hydrogen-bond donors (Lipinski definition) is 0. The number of aromatic nitrogens is 1. The second-order valence-corrected chi connectivity index (χ2v) is 4.32. The highest BCUT2D eigenvalue weighted by Gasteiger charge is 2.08. The van der Waals surface area contributed by atoms with E-state index < -0.39 is 0 Å². The number of aryl methyl sites for hydroxylation is 2. The highest BCUT2D eigenvalue weighted by atomic mass is 14.7. The maximum atomic E-state index is 4.52. The van der Waals surface area contributed by atoms with Crippen molar-refractivity contribution in [1.82, 2.24) is 4.98 Å². The van der Waals surface area contributed by atoms with Gasteiger partial charge >= 0.3 is 0 Å². The summed E-state index contributed by atoms with van der Waals surface area (Å²) in [5.41, 5.74) is 4.97. The maximum absolute atomic E-state index is 4.52. The van der Waals surface area contributed by atoms with Crippen molar-refractivity contribution >= 4 is 6.08 Å². The third-order valence-corrected chi connectivity index (χ3v) is 2.55. The summed E-state index contributed by atoms with van der Waals surface area (Å²) >= 11 is 0. The smallest absolute Gasteiger partial charge is 0.0450 e. The predicted molar refractivity (Wildman–Crippen MR) is 67.1 cm³/mol. The Bertz CT molecular complexity index is 362. The highest BCUT2D eigenvalue weighted by Crippen LogP contribution is 2.23. The fourth-order valence-corrected chi connectivity index (χ4v) is 1.80. The average Bonchev–Trinajstić information content (AvgIpc) is 2.15. The van der Waals surface area contributed by atoms with E-state index >= 15 is 0 Å². The summed E-state index contributed by atoms with van der Waals surface area (Å²) in [7, 11) is 0. The number of nitrogens with zero attached hydrogens (tertiary/aromatic N) is 1. The zero-order valence-corrected chi connectivity index (χ0v) is 10.5. The van der Waals surface area contributed by atoms with E-state index in [0.29, 0.717) is 5.92 Å². The number of hydrogen-bond acceptors (Lipinski definition) is 1. The lowest BCUT2D eigenvalue weighted by Crippen LogP contribution is -1.99. The molecule has 0 saturated heterocycles. The van der Waals surface area contributed by atoms with Gasteiger partial charge in [0.25, 0.3) is 0 Å². The van der Waals surface area contributed by atoms with E-state index in [0.717, 1.165) is 17.8 Å². The Kier molecular flexibility index (Phi) is 4.07. The van der Waals surface area contributed by atoms with Gasteiger partial charge in [-0.25, -0.2) is 0 Å². The first-order chi connectivity index (χ1) is 7.06. The lowest BCUT2D eigenvalue weighted by atomic mass is 9.95. The van der Waals surface area contributed by atoms with E-state index in [9.17, 15) is 0 Å². The molecule has 1 rings (SSSR count). The molecule has 0 fully saturated rings. The molecule has 0 atom stereocenters. The summed E-state index contributed by atoms with van der Waals surface area (Å²) in [6.45, 7) is 10.8. The summed E-state index contributed by atoms with van der Waals surface area (Å²) in [5, 5.41) is 0. The zero-order valence-electron chi connectivity index (χ0n) is 10.5. The molecule has 0 saturated carbocycles. The number of allylic oxidation sites excluding steroid dienone is 1. The molecule has 0 unspecified atom stereocenters. The molecule has 0 aliphatic rings. The fourth-order valence-electron chi connectivity index (χ4n) is 1.80. The molecule has 0 radical (unpaired) electrons. The standard InChI is InChI=1S/C14H21N/c1-6-7-8-13-12(5)15-11(4)9-14(13)10(2)3/h7-10H,6H2,1-5H3/b8-7-. The van der Waals surface area contributed by atoms with Gasteiger partial charge < -0.3 is 0 Å². The van der Waals surface area contributed by atoms with Crippen LogP contribution in [-0.4, -0.2) is 4.98 Å². The SMILES string of the molecule is CC/C=C\c1c(C(C)C)cc(C)nc1C. The molecule has 1 aromatic heterocycles. The van der Waals surface area contributed by atoms with E-state index in [2.05, 4.69) is 57.8 Å². The molecule has 0 aliphatic carbocycles. The minimum absolute atomic E-state index is 0.557. The summed E-state index contributed by atoms with van der Waals surface area (Å²) < 4.78 is 0. The van der Waals surface area contributed by atoms with Gasteiger partial charge in [-0.2, -0.15) is 0 Å². The van der Waals surface area contributed by atoms with Crippen LogP contribution in [0.2, 0.25) is 0 Å². The van der Waals surface area contributed by atoms with Crippen molar-refractivity contribution in [2.24, 2.45) is 0 Å². The predicted octanol–water partition coefficient (Wildman–Crippen LogP) is 4.25. The molecule has 0 N–H and O–H groups in total. The molecule has 1 heteroatoms. The van der Waals surface area contributed by atoms with E-state index in [-0.39, 0.29) is 0 Å². The van der Waals surface area contributed by atoms with Gasteiger partial charge in [-0.15, -0.1) is 0 Å². The Hall–Kier alpha value is -1.11. The van der Waals surface area contributed by atoms with E-state index in [4.69, 9.17) is 0 Å². The summed E-state index contributed by atoms with van der Waals surface area (Å²) in [6, 6.07) is 2.20. The van der Waals surface area contributed by atoms with Gasteiger partial charge in [-0.3, -0.25) is 4.98 Å². The zero-order chi connectivity index (χ0) is 11.4. The quantitative estimate of drug-likeness (QED) is 0.715. The topological polar surface area (TPSA) is 12.9 Å². The molecule has 0 bridgehead atoms. The lowest BCUT2D eigenvalue weighted by Gasteiger charge is -2.13. The van der Waals surface area contributed by atoms with Gasteiger partial charge in [0.2, 0.25) is 0 Å². The fraction of sp³-hybridized carbons (Fsp3) is 0.500. The van der Waals surface area contributed by atoms with Gasteiger partial charge in [0.15, 0.2) is 0 Å². The lowest BCUT2D eigenvalue weighted by molar-refractivity contribution is 0.851. The van der Waals surface area contributed by atoms with Crippen LogP contribution in [0.15, 0.2) is 12.1 Å². The van der Waals surface area contributed by atoms with Gasteiger partial charge in [-0.05, 0) is 43.4 Å². The summed E-state index contributed by atoms with van der Waals surface area (Å²) in [6.07, 6.45) is 5.48. The third kappa shape index (κ3) is 2.92. The monoisotopic (exact) mass is 203 g/mol. The minimum Gasteiger partial charge on any atom is -0.258 e. The van der Waals surface area contributed by atoms with Crippen LogP contribution in [0.3, 0.4) is 0 Å². The summed E-state index contributed by atoms with van der Waals surface area (Å²) in [5.74, 6) is 0.557. The molecule has 82 valence electrons. The van der Waals surface area contributed by atoms with Crippen molar-refractivity contribution in [1.29, 1.82) is 0 Å². The Labute approximate surface area is 93.2 Å². The maximum Gasteiger partial charge on any atom is 0.0450 e. The molecule has 1 nitrogen and oxygen atoms in total. The van der Waals surface area contributed by atoms with Crippen LogP contribution in [0.5, 0.6) is 0 Å². The Morgan fingerprint density at radius 1 is 1.33 bits per heavy atom. The molecule has 15 heavy (non-hydrogen) atoms. The van der Waals surface area contributed by atoms with Crippen LogP contribution in [0, 0.1) is 13.8 Å². The van der Waals surface area contributed by atoms with Crippen molar-refractivity contribution in [2.75, 3.05) is 0 Å². The summed E-state index contributed by atoms with van der Waals surface area (Å²) in [4.78, 5) is 4.52. The van der Waals surface area contributed by atoms with Crippen LogP contribution < -0.4 is 0 Å². The van der Waals surface area contributed by atoms with E-state index in [1.807, 2.05) is 0 Å². The molecule has 0 aliphatic heterocycles. The number of rotatable bonds is 3.